The lowest BCUT2D eigenvalue weighted by molar-refractivity contribution is -0.385. The Labute approximate surface area is 130 Å². The standard InChI is InChI=1S/C13H10Cl2N2O4/c1-7(18)8-2-3-13(16-6-8)21-12-5-10(15)9(14)4-11(12)17(19)20/h2-7,18H,1H3/t7-/m1/s1. The molecular formula is C13H10Cl2N2O4. The molecule has 0 unspecified atom stereocenters. The topological polar surface area (TPSA) is 85.5 Å². The normalized spacial score (nSPS) is 12.0. The maximum atomic E-state index is 11.0. The third-order valence-corrected chi connectivity index (χ3v) is 3.38. The van der Waals surface area contributed by atoms with Gasteiger partial charge in [0.2, 0.25) is 11.6 Å². The van der Waals surface area contributed by atoms with Crippen molar-refractivity contribution in [1.82, 2.24) is 4.98 Å². The second-order valence-corrected chi connectivity index (χ2v) is 5.01. The van der Waals surface area contributed by atoms with Gasteiger partial charge in [0.1, 0.15) is 0 Å². The van der Waals surface area contributed by atoms with Gasteiger partial charge in [0.05, 0.1) is 21.1 Å². The molecule has 6 nitrogen and oxygen atoms in total. The van der Waals surface area contributed by atoms with Crippen molar-refractivity contribution in [2.45, 2.75) is 13.0 Å². The number of nitrogens with zero attached hydrogens (tertiary/aromatic N) is 2. The summed E-state index contributed by atoms with van der Waals surface area (Å²) < 4.78 is 5.36. The number of ether oxygens (including phenoxy) is 1. The van der Waals surface area contributed by atoms with Crippen molar-refractivity contribution in [3.8, 4) is 11.6 Å². The lowest BCUT2D eigenvalue weighted by Crippen LogP contribution is -1.96. The van der Waals surface area contributed by atoms with E-state index in [0.717, 1.165) is 6.07 Å². The first kappa shape index (κ1) is 15.5. The van der Waals surface area contributed by atoms with Gasteiger partial charge in [0.25, 0.3) is 0 Å². The van der Waals surface area contributed by atoms with Gasteiger partial charge in [-0.05, 0) is 18.6 Å². The van der Waals surface area contributed by atoms with Crippen LogP contribution in [0.3, 0.4) is 0 Å². The maximum Gasteiger partial charge on any atom is 0.313 e. The van der Waals surface area contributed by atoms with E-state index >= 15 is 0 Å². The van der Waals surface area contributed by atoms with Gasteiger partial charge in [0, 0.05) is 24.4 Å². The molecule has 2 aromatic rings. The molecule has 0 spiro atoms. The molecule has 21 heavy (non-hydrogen) atoms. The van der Waals surface area contributed by atoms with Crippen LogP contribution in [0.15, 0.2) is 30.5 Å². The van der Waals surface area contributed by atoms with E-state index in [2.05, 4.69) is 4.98 Å². The van der Waals surface area contributed by atoms with Gasteiger partial charge in [-0.15, -0.1) is 0 Å². The average molecular weight is 329 g/mol. The fourth-order valence-corrected chi connectivity index (χ4v) is 1.87. The van der Waals surface area contributed by atoms with Gasteiger partial charge in [0.15, 0.2) is 0 Å². The molecule has 0 saturated heterocycles. The van der Waals surface area contributed by atoms with Gasteiger partial charge in [-0.1, -0.05) is 23.2 Å². The van der Waals surface area contributed by atoms with E-state index in [4.69, 9.17) is 27.9 Å². The second kappa shape index (κ2) is 6.26. The number of nitro benzene ring substituents is 1. The van der Waals surface area contributed by atoms with Crippen LogP contribution >= 0.6 is 23.2 Å². The lowest BCUT2D eigenvalue weighted by Gasteiger charge is -2.08. The first-order valence-electron chi connectivity index (χ1n) is 5.84. The van der Waals surface area contributed by atoms with Crippen molar-refractivity contribution in [3.05, 3.63) is 56.2 Å². The van der Waals surface area contributed by atoms with Crippen LogP contribution in [-0.4, -0.2) is 15.0 Å². The summed E-state index contributed by atoms with van der Waals surface area (Å²) in [5.74, 6) is 0.0765. The Morgan fingerprint density at radius 3 is 2.52 bits per heavy atom. The molecule has 0 fully saturated rings. The quantitative estimate of drug-likeness (QED) is 0.673. The van der Waals surface area contributed by atoms with Gasteiger partial charge in [-0.25, -0.2) is 4.98 Å². The van der Waals surface area contributed by atoms with E-state index in [-0.39, 0.29) is 27.4 Å². The molecule has 0 aliphatic heterocycles. The first-order valence-corrected chi connectivity index (χ1v) is 6.59. The summed E-state index contributed by atoms with van der Waals surface area (Å²) in [5.41, 5.74) is 0.289. The van der Waals surface area contributed by atoms with Gasteiger partial charge < -0.3 is 9.84 Å². The monoisotopic (exact) mass is 328 g/mol. The largest absolute Gasteiger partial charge is 0.432 e. The zero-order valence-electron chi connectivity index (χ0n) is 10.8. The van der Waals surface area contributed by atoms with Crippen molar-refractivity contribution < 1.29 is 14.8 Å². The van der Waals surface area contributed by atoms with Gasteiger partial charge in [-0.3, -0.25) is 10.1 Å². The van der Waals surface area contributed by atoms with Crippen molar-refractivity contribution in [2.75, 3.05) is 0 Å². The van der Waals surface area contributed by atoms with Gasteiger partial charge >= 0.3 is 5.69 Å². The summed E-state index contributed by atoms with van der Waals surface area (Å²) in [6.45, 7) is 1.60. The smallest absolute Gasteiger partial charge is 0.313 e. The van der Waals surface area contributed by atoms with Crippen LogP contribution in [0.2, 0.25) is 10.0 Å². The summed E-state index contributed by atoms with van der Waals surface area (Å²) in [4.78, 5) is 14.3. The highest BCUT2D eigenvalue weighted by Gasteiger charge is 2.19. The molecule has 1 N–H and O–H groups in total. The molecule has 0 saturated carbocycles. The third-order valence-electron chi connectivity index (χ3n) is 2.65. The molecular weight excluding hydrogens is 319 g/mol. The third kappa shape index (κ3) is 3.60. The number of benzene rings is 1. The van der Waals surface area contributed by atoms with Crippen LogP contribution in [0.4, 0.5) is 5.69 Å². The van der Waals surface area contributed by atoms with Crippen molar-refractivity contribution >= 4 is 28.9 Å². The highest BCUT2D eigenvalue weighted by atomic mass is 35.5. The Balaban J connectivity index is 2.34. The molecule has 8 heteroatoms. The number of hydrogen-bond acceptors (Lipinski definition) is 5. The van der Waals surface area contributed by atoms with Crippen LogP contribution in [0.5, 0.6) is 11.6 Å². The van der Waals surface area contributed by atoms with Crippen LogP contribution in [-0.2, 0) is 0 Å². The van der Waals surface area contributed by atoms with Crippen LogP contribution in [0.1, 0.15) is 18.6 Å². The number of rotatable bonds is 4. The molecule has 2 rings (SSSR count). The van der Waals surface area contributed by atoms with Crippen LogP contribution in [0, 0.1) is 10.1 Å². The summed E-state index contributed by atoms with van der Waals surface area (Å²) in [6, 6.07) is 5.47. The van der Waals surface area contributed by atoms with Crippen LogP contribution < -0.4 is 4.74 Å². The van der Waals surface area contributed by atoms with Crippen molar-refractivity contribution in [3.63, 3.8) is 0 Å². The van der Waals surface area contributed by atoms with E-state index in [0.29, 0.717) is 5.56 Å². The lowest BCUT2D eigenvalue weighted by atomic mass is 10.2. The Morgan fingerprint density at radius 2 is 2.00 bits per heavy atom. The molecule has 110 valence electrons. The highest BCUT2D eigenvalue weighted by molar-refractivity contribution is 6.42. The first-order chi connectivity index (χ1) is 9.88. The zero-order valence-corrected chi connectivity index (χ0v) is 12.3. The van der Waals surface area contributed by atoms with E-state index in [1.54, 1.807) is 13.0 Å². The van der Waals surface area contributed by atoms with E-state index in [1.807, 2.05) is 0 Å². The molecule has 1 aromatic carbocycles. The number of pyridine rings is 1. The minimum Gasteiger partial charge on any atom is -0.432 e. The summed E-state index contributed by atoms with van der Waals surface area (Å²) >= 11 is 11.6. The maximum absolute atomic E-state index is 11.0. The number of nitro groups is 1. The molecule has 0 radical (unpaired) electrons. The molecule has 1 heterocycles. The highest BCUT2D eigenvalue weighted by Crippen LogP contribution is 2.37. The van der Waals surface area contributed by atoms with E-state index in [1.165, 1.54) is 18.3 Å². The van der Waals surface area contributed by atoms with E-state index < -0.39 is 11.0 Å². The predicted octanol–water partition coefficient (Wildman–Crippen LogP) is 4.14. The molecule has 0 amide bonds. The second-order valence-electron chi connectivity index (χ2n) is 4.20. The summed E-state index contributed by atoms with van der Waals surface area (Å²) in [7, 11) is 0. The number of aliphatic hydroxyl groups is 1. The van der Waals surface area contributed by atoms with Crippen molar-refractivity contribution in [1.29, 1.82) is 0 Å². The molecule has 1 atom stereocenters. The fraction of sp³-hybridized carbons (Fsp3) is 0.154. The summed E-state index contributed by atoms with van der Waals surface area (Å²) in [6.07, 6.45) is 0.759. The zero-order chi connectivity index (χ0) is 15.6. The Morgan fingerprint density at radius 1 is 1.33 bits per heavy atom. The molecule has 0 aliphatic rings. The SMILES string of the molecule is C[C@@H](O)c1ccc(Oc2cc(Cl)c(Cl)cc2[N+](=O)[O-])nc1. The van der Waals surface area contributed by atoms with Gasteiger partial charge in [-0.2, -0.15) is 0 Å². The number of halogens is 2. The Bertz CT molecular complexity index is 675. The number of hydrogen-bond donors (Lipinski definition) is 1. The molecule has 0 bridgehead atoms. The minimum absolute atomic E-state index is 0.0631. The van der Waals surface area contributed by atoms with E-state index in [9.17, 15) is 15.2 Å². The van der Waals surface area contributed by atoms with Crippen LogP contribution in [0.25, 0.3) is 0 Å². The number of aliphatic hydroxyl groups excluding tert-OH is 1. The molecule has 0 aliphatic carbocycles. The summed E-state index contributed by atoms with van der Waals surface area (Å²) in [5, 5.41) is 20.6. The van der Waals surface area contributed by atoms with Crippen molar-refractivity contribution in [2.24, 2.45) is 0 Å². The predicted molar refractivity (Wildman–Crippen MR) is 78.1 cm³/mol. The molecule has 1 aromatic heterocycles. The number of aromatic nitrogens is 1. The minimum atomic E-state index is -0.661. The Hall–Kier alpha value is -1.89. The fourth-order valence-electron chi connectivity index (χ4n) is 1.55. The Kier molecular flexibility index (Phi) is 4.62. The average Bonchev–Trinajstić information content (AvgIpc) is 2.43.